The molecule has 3 nitrogen and oxygen atoms in total. The van der Waals surface area contributed by atoms with E-state index in [9.17, 15) is 4.79 Å². The number of carbonyl (C=O) groups excluding carboxylic acids is 1. The molecular weight excluding hydrogens is 238 g/mol. The van der Waals surface area contributed by atoms with Crippen LogP contribution >= 0.6 is 0 Å². The van der Waals surface area contributed by atoms with E-state index in [0.717, 1.165) is 37.9 Å². The van der Waals surface area contributed by atoms with Crippen LogP contribution in [0.3, 0.4) is 0 Å². The lowest BCUT2D eigenvalue weighted by atomic mass is 9.97. The molecule has 104 valence electrons. The van der Waals surface area contributed by atoms with Gasteiger partial charge in [0.05, 0.1) is 6.42 Å². The largest absolute Gasteiger partial charge is 0.396 e. The first-order valence-electron chi connectivity index (χ1n) is 7.19. The molecule has 3 heteroatoms. The third kappa shape index (κ3) is 3.80. The highest BCUT2D eigenvalue weighted by molar-refractivity contribution is 5.78. The van der Waals surface area contributed by atoms with Gasteiger partial charge < -0.3 is 10.0 Å². The number of carbonyl (C=O) groups is 1. The molecule has 1 aliphatic rings. The van der Waals surface area contributed by atoms with Crippen molar-refractivity contribution in [2.45, 2.75) is 32.6 Å². The number of piperidine rings is 1. The van der Waals surface area contributed by atoms with Crippen LogP contribution in [-0.2, 0) is 17.6 Å². The fourth-order valence-corrected chi connectivity index (χ4v) is 2.54. The van der Waals surface area contributed by atoms with Crippen LogP contribution in [0.25, 0.3) is 0 Å². The summed E-state index contributed by atoms with van der Waals surface area (Å²) in [5, 5.41) is 9.10. The minimum Gasteiger partial charge on any atom is -0.396 e. The first-order chi connectivity index (χ1) is 9.22. The van der Waals surface area contributed by atoms with Gasteiger partial charge in [0.15, 0.2) is 0 Å². The van der Waals surface area contributed by atoms with Gasteiger partial charge in [0, 0.05) is 19.7 Å². The van der Waals surface area contributed by atoms with Crippen LogP contribution in [0.15, 0.2) is 24.3 Å². The highest BCUT2D eigenvalue weighted by Crippen LogP contribution is 2.17. The molecule has 1 amide bonds. The molecule has 1 aliphatic heterocycles. The number of nitrogens with zero attached hydrogens (tertiary/aromatic N) is 1. The van der Waals surface area contributed by atoms with Crippen LogP contribution in [0.2, 0.25) is 0 Å². The third-order valence-corrected chi connectivity index (χ3v) is 4.01. The minimum atomic E-state index is 0.209. The van der Waals surface area contributed by atoms with E-state index in [-0.39, 0.29) is 12.5 Å². The SMILES string of the molecule is CCc1ccc(CC(=O)N2CCC(CO)CC2)cc1. The highest BCUT2D eigenvalue weighted by Gasteiger charge is 2.22. The standard InChI is InChI=1S/C16H23NO2/c1-2-13-3-5-14(6-4-13)11-16(19)17-9-7-15(12-18)8-10-17/h3-6,15,18H,2,7-12H2,1H3. The van der Waals surface area contributed by atoms with Crippen molar-refractivity contribution in [2.24, 2.45) is 5.92 Å². The molecule has 2 rings (SSSR count). The molecule has 1 saturated heterocycles. The number of amides is 1. The zero-order valence-corrected chi connectivity index (χ0v) is 11.6. The molecule has 0 unspecified atom stereocenters. The van der Waals surface area contributed by atoms with Crippen LogP contribution in [0.1, 0.15) is 30.9 Å². The monoisotopic (exact) mass is 261 g/mol. The average molecular weight is 261 g/mol. The molecule has 0 radical (unpaired) electrons. The van der Waals surface area contributed by atoms with Crippen molar-refractivity contribution < 1.29 is 9.90 Å². The maximum absolute atomic E-state index is 12.2. The van der Waals surface area contributed by atoms with E-state index in [1.54, 1.807) is 0 Å². The van der Waals surface area contributed by atoms with E-state index in [1.807, 2.05) is 4.90 Å². The number of benzene rings is 1. The van der Waals surface area contributed by atoms with E-state index >= 15 is 0 Å². The zero-order valence-electron chi connectivity index (χ0n) is 11.6. The second-order valence-corrected chi connectivity index (χ2v) is 5.35. The quantitative estimate of drug-likeness (QED) is 0.901. The summed E-state index contributed by atoms with van der Waals surface area (Å²) in [5.74, 6) is 0.591. The molecule has 0 aliphatic carbocycles. The lowest BCUT2D eigenvalue weighted by molar-refractivity contribution is -0.132. The van der Waals surface area contributed by atoms with Gasteiger partial charge in [0.2, 0.25) is 5.91 Å². The zero-order chi connectivity index (χ0) is 13.7. The predicted molar refractivity (Wildman–Crippen MR) is 75.9 cm³/mol. The van der Waals surface area contributed by atoms with Crippen LogP contribution < -0.4 is 0 Å². The molecule has 0 spiro atoms. The number of aryl methyl sites for hydroxylation is 1. The Hall–Kier alpha value is -1.35. The Kier molecular flexibility index (Phi) is 4.97. The van der Waals surface area contributed by atoms with Gasteiger partial charge in [-0.15, -0.1) is 0 Å². The number of aliphatic hydroxyl groups excluding tert-OH is 1. The topological polar surface area (TPSA) is 40.5 Å². The van der Waals surface area contributed by atoms with Gasteiger partial charge in [0.25, 0.3) is 0 Å². The molecule has 1 fully saturated rings. The van der Waals surface area contributed by atoms with E-state index in [0.29, 0.717) is 12.3 Å². The number of aliphatic hydroxyl groups is 1. The van der Waals surface area contributed by atoms with Crippen LogP contribution in [-0.4, -0.2) is 35.6 Å². The lowest BCUT2D eigenvalue weighted by Gasteiger charge is -2.31. The van der Waals surface area contributed by atoms with Crippen molar-refractivity contribution in [2.75, 3.05) is 19.7 Å². The van der Waals surface area contributed by atoms with Crippen LogP contribution in [0, 0.1) is 5.92 Å². The van der Waals surface area contributed by atoms with Gasteiger partial charge >= 0.3 is 0 Å². The Morgan fingerprint density at radius 1 is 1.21 bits per heavy atom. The molecule has 0 saturated carbocycles. The summed E-state index contributed by atoms with van der Waals surface area (Å²) in [6.07, 6.45) is 3.38. The molecule has 1 N–H and O–H groups in total. The van der Waals surface area contributed by atoms with Crippen LogP contribution in [0.5, 0.6) is 0 Å². The molecule has 19 heavy (non-hydrogen) atoms. The van der Waals surface area contributed by atoms with Crippen molar-refractivity contribution in [3.63, 3.8) is 0 Å². The number of hydrogen-bond donors (Lipinski definition) is 1. The van der Waals surface area contributed by atoms with Gasteiger partial charge in [-0.2, -0.15) is 0 Å². The molecule has 0 atom stereocenters. The Labute approximate surface area is 115 Å². The van der Waals surface area contributed by atoms with Gasteiger partial charge in [-0.1, -0.05) is 31.2 Å². The number of hydrogen-bond acceptors (Lipinski definition) is 2. The minimum absolute atomic E-state index is 0.209. The smallest absolute Gasteiger partial charge is 0.226 e. The summed E-state index contributed by atoms with van der Waals surface area (Å²) in [7, 11) is 0. The molecule has 0 bridgehead atoms. The van der Waals surface area contributed by atoms with Crippen molar-refractivity contribution in [3.8, 4) is 0 Å². The first-order valence-corrected chi connectivity index (χ1v) is 7.19. The second kappa shape index (κ2) is 6.71. The lowest BCUT2D eigenvalue weighted by Crippen LogP contribution is -2.40. The normalized spacial score (nSPS) is 16.6. The van der Waals surface area contributed by atoms with E-state index < -0.39 is 0 Å². The van der Waals surface area contributed by atoms with Gasteiger partial charge in [-0.05, 0) is 36.3 Å². The average Bonchev–Trinajstić information content (AvgIpc) is 2.48. The molecular formula is C16H23NO2. The second-order valence-electron chi connectivity index (χ2n) is 5.35. The van der Waals surface area contributed by atoms with Gasteiger partial charge in [-0.25, -0.2) is 0 Å². The Morgan fingerprint density at radius 3 is 2.32 bits per heavy atom. The van der Waals surface area contributed by atoms with Gasteiger partial charge in [-0.3, -0.25) is 4.79 Å². The van der Waals surface area contributed by atoms with E-state index in [1.165, 1.54) is 5.56 Å². The molecule has 1 heterocycles. The fourth-order valence-electron chi connectivity index (χ4n) is 2.54. The van der Waals surface area contributed by atoms with Gasteiger partial charge in [0.1, 0.15) is 0 Å². The first kappa shape index (κ1) is 14.1. The summed E-state index contributed by atoms with van der Waals surface area (Å²) in [5.41, 5.74) is 2.39. The summed E-state index contributed by atoms with van der Waals surface area (Å²) in [4.78, 5) is 14.1. The molecule has 1 aromatic rings. The predicted octanol–water partition coefficient (Wildman–Crippen LogP) is 2.02. The van der Waals surface area contributed by atoms with Crippen LogP contribution in [0.4, 0.5) is 0 Å². The Morgan fingerprint density at radius 2 is 1.79 bits per heavy atom. The maximum atomic E-state index is 12.2. The van der Waals surface area contributed by atoms with E-state index in [2.05, 4.69) is 31.2 Å². The van der Waals surface area contributed by atoms with E-state index in [4.69, 9.17) is 5.11 Å². The van der Waals surface area contributed by atoms with Crippen molar-refractivity contribution in [1.82, 2.24) is 4.90 Å². The highest BCUT2D eigenvalue weighted by atomic mass is 16.3. The summed E-state index contributed by atoms with van der Waals surface area (Å²) in [6, 6.07) is 8.30. The summed E-state index contributed by atoms with van der Waals surface area (Å²) < 4.78 is 0. The number of likely N-dealkylation sites (tertiary alicyclic amines) is 1. The Balaban J connectivity index is 1.86. The maximum Gasteiger partial charge on any atom is 0.226 e. The Bertz CT molecular complexity index is 405. The molecule has 0 aromatic heterocycles. The number of rotatable bonds is 4. The fraction of sp³-hybridized carbons (Fsp3) is 0.562. The summed E-state index contributed by atoms with van der Waals surface area (Å²) >= 11 is 0. The van der Waals surface area contributed by atoms with Crippen molar-refractivity contribution >= 4 is 5.91 Å². The molecule has 1 aromatic carbocycles. The van der Waals surface area contributed by atoms with Crippen molar-refractivity contribution in [1.29, 1.82) is 0 Å². The third-order valence-electron chi connectivity index (χ3n) is 4.01. The van der Waals surface area contributed by atoms with Crippen molar-refractivity contribution in [3.05, 3.63) is 35.4 Å². The summed E-state index contributed by atoms with van der Waals surface area (Å²) in [6.45, 7) is 3.96.